The molecular formula is C19H18FN2O2S. The predicted octanol–water partition coefficient (Wildman–Crippen LogP) is 3.22. The molecule has 0 saturated carbocycles. The van der Waals surface area contributed by atoms with Gasteiger partial charge in [-0.3, -0.25) is 0 Å². The van der Waals surface area contributed by atoms with Gasteiger partial charge < -0.3 is 4.57 Å². The lowest BCUT2D eigenvalue weighted by molar-refractivity contribution is 0.294. The van der Waals surface area contributed by atoms with Crippen LogP contribution in [0, 0.1) is 11.9 Å². The zero-order valence-corrected chi connectivity index (χ0v) is 14.6. The number of hydrogen-bond acceptors (Lipinski definition) is 2. The molecule has 0 bridgehead atoms. The van der Waals surface area contributed by atoms with Crippen LogP contribution in [0.5, 0.6) is 0 Å². The standard InChI is InChI=1S/C19H18FN2O2S/c1-21(25(23,24)18-10-6-15(20)7-11-18)17-9-8-16-12-14-4-2-3-5-19(14)22(16)13-17/h2-7,10-11,17H,8-9,13H2,1H3. The Hall–Kier alpha value is -2.18. The van der Waals surface area contributed by atoms with Crippen LogP contribution in [0.15, 0.2) is 53.4 Å². The molecule has 1 atom stereocenters. The highest BCUT2D eigenvalue weighted by atomic mass is 32.2. The molecule has 1 unspecified atom stereocenters. The monoisotopic (exact) mass is 357 g/mol. The molecule has 0 amide bonds. The zero-order chi connectivity index (χ0) is 17.6. The first-order chi connectivity index (χ1) is 12.0. The first-order valence-electron chi connectivity index (χ1n) is 8.20. The number of rotatable bonds is 3. The van der Waals surface area contributed by atoms with Crippen LogP contribution in [0.4, 0.5) is 4.39 Å². The number of halogens is 1. The van der Waals surface area contributed by atoms with Gasteiger partial charge >= 0.3 is 0 Å². The third kappa shape index (κ3) is 2.75. The van der Waals surface area contributed by atoms with Crippen LogP contribution in [-0.4, -0.2) is 30.4 Å². The Kier molecular flexibility index (Phi) is 3.89. The lowest BCUT2D eigenvalue weighted by Crippen LogP contribution is -2.42. The fourth-order valence-corrected chi connectivity index (χ4v) is 4.84. The Morgan fingerprint density at radius 3 is 2.64 bits per heavy atom. The summed E-state index contributed by atoms with van der Waals surface area (Å²) < 4.78 is 42.3. The molecular weight excluding hydrogens is 339 g/mol. The summed E-state index contributed by atoms with van der Waals surface area (Å²) in [5.74, 6) is -0.446. The van der Waals surface area contributed by atoms with E-state index in [2.05, 4.69) is 10.6 Å². The molecule has 0 saturated heterocycles. The number of hydrogen-bond donors (Lipinski definition) is 0. The molecule has 6 heteroatoms. The highest BCUT2D eigenvalue weighted by Gasteiger charge is 2.31. The third-order valence-corrected chi connectivity index (χ3v) is 6.84. The summed E-state index contributed by atoms with van der Waals surface area (Å²) in [6.45, 7) is 0.594. The summed E-state index contributed by atoms with van der Waals surface area (Å²) in [6.07, 6.45) is 1.52. The molecule has 1 radical (unpaired) electrons. The summed E-state index contributed by atoms with van der Waals surface area (Å²) in [5, 5.41) is 1.06. The van der Waals surface area contributed by atoms with Crippen LogP contribution in [0.2, 0.25) is 0 Å². The Bertz CT molecular complexity index is 1030. The average molecular weight is 357 g/mol. The van der Waals surface area contributed by atoms with E-state index < -0.39 is 15.8 Å². The average Bonchev–Trinajstić information content (AvgIpc) is 2.99. The Morgan fingerprint density at radius 2 is 1.88 bits per heavy atom. The van der Waals surface area contributed by atoms with Crippen LogP contribution in [0.1, 0.15) is 12.1 Å². The number of aromatic nitrogens is 1. The van der Waals surface area contributed by atoms with Crippen molar-refractivity contribution in [3.63, 3.8) is 0 Å². The van der Waals surface area contributed by atoms with Crippen molar-refractivity contribution in [1.29, 1.82) is 0 Å². The zero-order valence-electron chi connectivity index (χ0n) is 13.8. The number of likely N-dealkylation sites (N-methyl/N-ethyl adjacent to an activating group) is 1. The molecule has 3 aromatic rings. The van der Waals surface area contributed by atoms with E-state index in [9.17, 15) is 12.8 Å². The maximum atomic E-state index is 13.1. The van der Waals surface area contributed by atoms with E-state index in [1.54, 1.807) is 7.05 Å². The van der Waals surface area contributed by atoms with E-state index in [0.29, 0.717) is 6.54 Å². The minimum Gasteiger partial charge on any atom is -0.342 e. The fraction of sp³-hybridized carbons (Fsp3) is 0.263. The SMILES string of the molecule is CN(C1CCc2[c]c3ccccc3n2C1)S(=O)(=O)c1ccc(F)cc1. The molecule has 4 nitrogen and oxygen atoms in total. The second-order valence-corrected chi connectivity index (χ2v) is 8.36. The van der Waals surface area contributed by atoms with E-state index in [1.165, 1.54) is 28.6 Å². The molecule has 1 aliphatic heterocycles. The van der Waals surface area contributed by atoms with E-state index >= 15 is 0 Å². The minimum atomic E-state index is -3.65. The number of benzene rings is 2. The van der Waals surface area contributed by atoms with Crippen LogP contribution in [0.3, 0.4) is 0 Å². The maximum absolute atomic E-state index is 13.1. The molecule has 0 fully saturated rings. The third-order valence-electron chi connectivity index (χ3n) is 4.91. The lowest BCUT2D eigenvalue weighted by atomic mass is 10.1. The second kappa shape index (κ2) is 5.97. The topological polar surface area (TPSA) is 42.3 Å². The summed E-state index contributed by atoms with van der Waals surface area (Å²) in [6, 6.07) is 16.3. The lowest BCUT2D eigenvalue weighted by Gasteiger charge is -2.32. The van der Waals surface area contributed by atoms with Gasteiger partial charge in [0.25, 0.3) is 0 Å². The van der Waals surface area contributed by atoms with Crippen molar-refractivity contribution in [2.45, 2.75) is 30.3 Å². The van der Waals surface area contributed by atoms with Gasteiger partial charge in [0, 0.05) is 42.3 Å². The number of sulfonamides is 1. The molecule has 2 aromatic carbocycles. The first-order valence-corrected chi connectivity index (χ1v) is 9.64. The first kappa shape index (κ1) is 16.3. The van der Waals surface area contributed by atoms with Crippen LogP contribution < -0.4 is 0 Å². The summed E-state index contributed by atoms with van der Waals surface area (Å²) in [4.78, 5) is 0.117. The van der Waals surface area contributed by atoms with Crippen molar-refractivity contribution in [3.05, 3.63) is 66.1 Å². The van der Waals surface area contributed by atoms with Gasteiger partial charge in [-0.25, -0.2) is 12.8 Å². The second-order valence-electron chi connectivity index (χ2n) is 6.37. The van der Waals surface area contributed by atoms with Gasteiger partial charge in [-0.05, 0) is 43.2 Å². The fourth-order valence-electron chi connectivity index (χ4n) is 3.46. The van der Waals surface area contributed by atoms with Crippen molar-refractivity contribution in [1.82, 2.24) is 8.87 Å². The molecule has 25 heavy (non-hydrogen) atoms. The number of nitrogens with zero attached hydrogens (tertiary/aromatic N) is 2. The van der Waals surface area contributed by atoms with Crippen molar-refractivity contribution in [2.24, 2.45) is 0 Å². The minimum absolute atomic E-state index is 0.117. The van der Waals surface area contributed by atoms with Gasteiger partial charge in [-0.15, -0.1) is 0 Å². The molecule has 0 spiro atoms. The van der Waals surface area contributed by atoms with Gasteiger partial charge in [0.15, 0.2) is 0 Å². The molecule has 1 aliphatic rings. The summed E-state index contributed by atoms with van der Waals surface area (Å²) >= 11 is 0. The van der Waals surface area contributed by atoms with E-state index in [1.807, 2.05) is 24.3 Å². The quantitative estimate of drug-likeness (QED) is 0.722. The Balaban J connectivity index is 1.65. The Labute approximate surface area is 146 Å². The van der Waals surface area contributed by atoms with Crippen molar-refractivity contribution in [2.75, 3.05) is 7.05 Å². The molecule has 0 aliphatic carbocycles. The maximum Gasteiger partial charge on any atom is 0.243 e. The Morgan fingerprint density at radius 1 is 1.16 bits per heavy atom. The van der Waals surface area contributed by atoms with Crippen molar-refractivity contribution >= 4 is 20.9 Å². The van der Waals surface area contributed by atoms with Crippen LogP contribution in [0.25, 0.3) is 10.9 Å². The number of aryl methyl sites for hydroxylation is 1. The molecule has 0 N–H and O–H groups in total. The smallest absolute Gasteiger partial charge is 0.243 e. The summed E-state index contributed by atoms with van der Waals surface area (Å²) in [5.41, 5.74) is 2.19. The molecule has 2 heterocycles. The highest BCUT2D eigenvalue weighted by molar-refractivity contribution is 7.89. The van der Waals surface area contributed by atoms with Crippen LogP contribution in [-0.2, 0) is 23.0 Å². The number of para-hydroxylation sites is 1. The summed E-state index contributed by atoms with van der Waals surface area (Å²) in [7, 11) is -2.05. The normalized spacial score (nSPS) is 17.8. The highest BCUT2D eigenvalue weighted by Crippen LogP contribution is 2.28. The molecule has 129 valence electrons. The van der Waals surface area contributed by atoms with Crippen molar-refractivity contribution in [3.8, 4) is 0 Å². The van der Waals surface area contributed by atoms with Gasteiger partial charge in [0.1, 0.15) is 5.82 Å². The predicted molar refractivity (Wildman–Crippen MR) is 94.2 cm³/mol. The largest absolute Gasteiger partial charge is 0.342 e. The van der Waals surface area contributed by atoms with Gasteiger partial charge in [0.2, 0.25) is 10.0 Å². The van der Waals surface area contributed by atoms with Gasteiger partial charge in [0.05, 0.1) is 4.90 Å². The van der Waals surface area contributed by atoms with Gasteiger partial charge in [-0.2, -0.15) is 4.31 Å². The molecule has 1 aromatic heterocycles. The van der Waals surface area contributed by atoms with E-state index in [-0.39, 0.29) is 10.9 Å². The van der Waals surface area contributed by atoms with Crippen molar-refractivity contribution < 1.29 is 12.8 Å². The van der Waals surface area contributed by atoms with E-state index in [0.717, 1.165) is 29.4 Å². The van der Waals surface area contributed by atoms with Gasteiger partial charge in [-0.1, -0.05) is 18.2 Å². The van der Waals surface area contributed by atoms with E-state index in [4.69, 9.17) is 0 Å². The van der Waals surface area contributed by atoms with Crippen LogP contribution >= 0.6 is 0 Å². The molecule has 4 rings (SSSR count). The number of fused-ring (bicyclic) bond motifs is 3.